The van der Waals surface area contributed by atoms with Crippen LogP contribution >= 0.6 is 0 Å². The van der Waals surface area contributed by atoms with Crippen molar-refractivity contribution in [2.24, 2.45) is 0 Å². The van der Waals surface area contributed by atoms with Crippen LogP contribution in [0, 0.1) is 22.7 Å². The lowest BCUT2D eigenvalue weighted by Crippen LogP contribution is -2.75. The SMILES string of the molecule is N#Cc1ccc(-c2cccc(C#N)c2-n2c3ccccc3c3ccccc32)c([Si](c2ccccc2)(c2ccccc2)c2ccccc2)c1. The van der Waals surface area contributed by atoms with E-state index >= 15 is 0 Å². The first-order valence-electron chi connectivity index (χ1n) is 16.0. The number of hydrogen-bond acceptors (Lipinski definition) is 2. The van der Waals surface area contributed by atoms with Crippen molar-refractivity contribution in [1.82, 2.24) is 4.57 Å². The average molecular weight is 628 g/mol. The van der Waals surface area contributed by atoms with Gasteiger partial charge in [-0.1, -0.05) is 146 Å². The summed E-state index contributed by atoms with van der Waals surface area (Å²) in [5, 5.41) is 28.0. The quantitative estimate of drug-likeness (QED) is 0.141. The summed E-state index contributed by atoms with van der Waals surface area (Å²) in [4.78, 5) is 0. The van der Waals surface area contributed by atoms with Gasteiger partial charge in [0.15, 0.2) is 8.07 Å². The van der Waals surface area contributed by atoms with Gasteiger partial charge in [0, 0.05) is 16.3 Å². The van der Waals surface area contributed by atoms with Crippen LogP contribution in [0.3, 0.4) is 0 Å². The molecule has 0 aliphatic heterocycles. The molecular weight excluding hydrogens is 599 g/mol. The molecule has 0 saturated carbocycles. The molecule has 1 heterocycles. The summed E-state index contributed by atoms with van der Waals surface area (Å²) in [6.45, 7) is 0. The van der Waals surface area contributed by atoms with Crippen LogP contribution in [0.4, 0.5) is 0 Å². The Morgan fingerprint density at radius 2 is 0.938 bits per heavy atom. The van der Waals surface area contributed by atoms with Crippen molar-refractivity contribution >= 4 is 50.6 Å². The molecule has 4 heteroatoms. The molecule has 1 aromatic heterocycles. The number of fused-ring (bicyclic) bond motifs is 3. The molecule has 0 spiro atoms. The Labute approximate surface area is 280 Å². The molecule has 0 aliphatic carbocycles. The van der Waals surface area contributed by atoms with Gasteiger partial charge in [-0.25, -0.2) is 0 Å². The lowest BCUT2D eigenvalue weighted by Gasteiger charge is -2.36. The standard InChI is InChI=1S/C44H29N3Si/c45-30-32-27-28-39(40-24-14-15-33(31-46)44(40)47-41-25-12-10-22-37(41)38-23-11-13-26-42(38)47)43(29-32)48(34-16-4-1-5-17-34,35-18-6-2-7-19-35)36-20-8-3-9-21-36/h1-29H. The van der Waals surface area contributed by atoms with E-state index in [0.717, 1.165) is 43.8 Å². The highest BCUT2D eigenvalue weighted by atomic mass is 28.3. The molecular formula is C44H29N3Si. The summed E-state index contributed by atoms with van der Waals surface area (Å²) in [5.41, 5.74) is 6.04. The molecule has 0 amide bonds. The number of benzene rings is 7. The van der Waals surface area contributed by atoms with E-state index in [9.17, 15) is 10.5 Å². The summed E-state index contributed by atoms with van der Waals surface area (Å²) < 4.78 is 2.25. The van der Waals surface area contributed by atoms with E-state index < -0.39 is 8.07 Å². The highest BCUT2D eigenvalue weighted by Gasteiger charge is 2.43. The number of nitrogens with zero attached hydrogens (tertiary/aromatic N) is 3. The lowest BCUT2D eigenvalue weighted by molar-refractivity contribution is 1.17. The summed E-state index contributed by atoms with van der Waals surface area (Å²) in [7, 11) is -3.06. The third kappa shape index (κ3) is 4.48. The number of rotatable bonds is 6. The van der Waals surface area contributed by atoms with Crippen LogP contribution in [0.15, 0.2) is 176 Å². The minimum Gasteiger partial charge on any atom is -0.307 e. The zero-order chi connectivity index (χ0) is 32.5. The Hall–Kier alpha value is -6.46. The normalized spacial score (nSPS) is 11.3. The molecule has 8 rings (SSSR count). The average Bonchev–Trinajstić information content (AvgIpc) is 3.50. The Balaban J connectivity index is 1.56. The van der Waals surface area contributed by atoms with Crippen molar-refractivity contribution in [3.63, 3.8) is 0 Å². The van der Waals surface area contributed by atoms with Crippen LogP contribution in [-0.4, -0.2) is 12.6 Å². The Morgan fingerprint density at radius 1 is 0.438 bits per heavy atom. The van der Waals surface area contributed by atoms with Gasteiger partial charge in [0.05, 0.1) is 33.9 Å². The molecule has 0 N–H and O–H groups in total. The van der Waals surface area contributed by atoms with E-state index in [2.05, 4.69) is 174 Å². The molecule has 0 unspecified atom stereocenters. The van der Waals surface area contributed by atoms with Crippen molar-refractivity contribution in [2.45, 2.75) is 0 Å². The van der Waals surface area contributed by atoms with Crippen LogP contribution in [0.1, 0.15) is 11.1 Å². The number of nitriles is 2. The van der Waals surface area contributed by atoms with Crippen molar-refractivity contribution in [3.8, 4) is 29.0 Å². The zero-order valence-electron chi connectivity index (χ0n) is 26.1. The molecule has 7 aromatic carbocycles. The molecule has 3 nitrogen and oxygen atoms in total. The maximum Gasteiger partial charge on any atom is 0.180 e. The van der Waals surface area contributed by atoms with E-state index in [1.54, 1.807) is 0 Å². The number of para-hydroxylation sites is 3. The summed E-state index contributed by atoms with van der Waals surface area (Å²) in [6.07, 6.45) is 0. The van der Waals surface area contributed by atoms with Crippen LogP contribution in [0.2, 0.25) is 0 Å². The monoisotopic (exact) mass is 627 g/mol. The van der Waals surface area contributed by atoms with Gasteiger partial charge in [-0.2, -0.15) is 10.5 Å². The van der Waals surface area contributed by atoms with Gasteiger partial charge in [0.1, 0.15) is 6.07 Å². The van der Waals surface area contributed by atoms with Gasteiger partial charge in [-0.15, -0.1) is 0 Å². The Morgan fingerprint density at radius 3 is 1.44 bits per heavy atom. The second-order valence-electron chi connectivity index (χ2n) is 11.9. The summed E-state index contributed by atoms with van der Waals surface area (Å²) in [5.74, 6) is 0. The lowest BCUT2D eigenvalue weighted by atomic mass is 9.98. The van der Waals surface area contributed by atoms with Crippen molar-refractivity contribution < 1.29 is 0 Å². The summed E-state index contributed by atoms with van der Waals surface area (Å²) >= 11 is 0. The molecule has 48 heavy (non-hydrogen) atoms. The van der Waals surface area contributed by atoms with Crippen LogP contribution in [0.25, 0.3) is 38.6 Å². The van der Waals surface area contributed by atoms with Crippen molar-refractivity contribution in [3.05, 3.63) is 187 Å². The zero-order valence-corrected chi connectivity index (χ0v) is 27.1. The van der Waals surface area contributed by atoms with Crippen molar-refractivity contribution in [2.75, 3.05) is 0 Å². The van der Waals surface area contributed by atoms with Crippen LogP contribution in [0.5, 0.6) is 0 Å². The first-order chi connectivity index (χ1) is 23.8. The third-order valence-electron chi connectivity index (χ3n) is 9.42. The summed E-state index contributed by atoms with van der Waals surface area (Å²) in [6, 6.07) is 66.1. The predicted molar refractivity (Wildman–Crippen MR) is 199 cm³/mol. The smallest absolute Gasteiger partial charge is 0.180 e. The fraction of sp³-hybridized carbons (Fsp3) is 0. The number of aromatic nitrogens is 1. The van der Waals surface area contributed by atoms with E-state index in [0.29, 0.717) is 11.1 Å². The molecule has 0 fully saturated rings. The maximum atomic E-state index is 10.7. The Kier molecular flexibility index (Phi) is 7.27. The topological polar surface area (TPSA) is 52.5 Å². The molecule has 0 bridgehead atoms. The van der Waals surface area contributed by atoms with Gasteiger partial charge in [0.2, 0.25) is 0 Å². The first-order valence-corrected chi connectivity index (χ1v) is 18.0. The van der Waals surface area contributed by atoms with E-state index in [4.69, 9.17) is 0 Å². The molecule has 8 aromatic rings. The van der Waals surface area contributed by atoms with Crippen LogP contribution in [-0.2, 0) is 0 Å². The third-order valence-corrected chi connectivity index (χ3v) is 14.2. The fourth-order valence-corrected chi connectivity index (χ4v) is 12.4. The molecule has 0 radical (unpaired) electrons. The minimum absolute atomic E-state index is 0.584. The van der Waals surface area contributed by atoms with Crippen LogP contribution < -0.4 is 20.7 Å². The second kappa shape index (κ2) is 12.0. The van der Waals surface area contributed by atoms with Crippen molar-refractivity contribution in [1.29, 1.82) is 10.5 Å². The number of hydrogen-bond donors (Lipinski definition) is 0. The highest BCUT2D eigenvalue weighted by molar-refractivity contribution is 7.20. The Bertz CT molecular complexity index is 2370. The van der Waals surface area contributed by atoms with Gasteiger partial charge >= 0.3 is 0 Å². The van der Waals surface area contributed by atoms with E-state index in [1.165, 1.54) is 15.6 Å². The van der Waals surface area contributed by atoms with Gasteiger partial charge in [-0.3, -0.25) is 0 Å². The molecule has 0 atom stereocenters. The second-order valence-corrected chi connectivity index (χ2v) is 15.7. The highest BCUT2D eigenvalue weighted by Crippen LogP contribution is 2.38. The first kappa shape index (κ1) is 29.0. The minimum atomic E-state index is -3.06. The molecule has 0 aliphatic rings. The van der Waals surface area contributed by atoms with E-state index in [1.807, 2.05) is 18.2 Å². The van der Waals surface area contributed by atoms with E-state index in [-0.39, 0.29) is 0 Å². The molecule has 224 valence electrons. The predicted octanol–water partition coefficient (Wildman–Crippen LogP) is 7.57. The molecule has 0 saturated heterocycles. The van der Waals surface area contributed by atoms with Gasteiger partial charge in [0.25, 0.3) is 0 Å². The fourth-order valence-electron chi connectivity index (χ4n) is 7.45. The van der Waals surface area contributed by atoms with Gasteiger partial charge < -0.3 is 4.57 Å². The maximum absolute atomic E-state index is 10.7. The largest absolute Gasteiger partial charge is 0.307 e. The van der Waals surface area contributed by atoms with Gasteiger partial charge in [-0.05, 0) is 56.6 Å².